The fourth-order valence-electron chi connectivity index (χ4n) is 3.06. The topological polar surface area (TPSA) is 49.4 Å². The standard InChI is InChI=1S/C24H24N2O2/c1-19(20-11-5-2-6-12-20)25-23(27)17-18-24(28)26(21-13-7-3-8-14-21)22-15-9-4-10-16-22/h2-16,19H,17-18H2,1H3,(H,25,27)/t19-/m1/s1. The molecule has 3 aromatic rings. The molecule has 28 heavy (non-hydrogen) atoms. The van der Waals surface area contributed by atoms with Gasteiger partial charge in [0.15, 0.2) is 0 Å². The van der Waals surface area contributed by atoms with Crippen LogP contribution in [0.2, 0.25) is 0 Å². The highest BCUT2D eigenvalue weighted by Gasteiger charge is 2.19. The Bertz CT molecular complexity index is 856. The zero-order valence-electron chi connectivity index (χ0n) is 15.9. The highest BCUT2D eigenvalue weighted by molar-refractivity contribution is 6.01. The van der Waals surface area contributed by atoms with E-state index in [9.17, 15) is 9.59 Å². The Morgan fingerprint density at radius 3 is 1.71 bits per heavy atom. The maximum absolute atomic E-state index is 13.0. The van der Waals surface area contributed by atoms with E-state index >= 15 is 0 Å². The molecule has 3 rings (SSSR count). The monoisotopic (exact) mass is 372 g/mol. The van der Waals surface area contributed by atoms with Crippen LogP contribution in [-0.2, 0) is 9.59 Å². The molecule has 0 saturated carbocycles. The Labute approximate surface area is 165 Å². The lowest BCUT2D eigenvalue weighted by atomic mass is 10.1. The zero-order chi connectivity index (χ0) is 19.8. The molecule has 3 aromatic carbocycles. The van der Waals surface area contributed by atoms with E-state index in [0.717, 1.165) is 16.9 Å². The molecule has 0 aliphatic heterocycles. The lowest BCUT2D eigenvalue weighted by molar-refractivity contribution is -0.125. The number of amides is 2. The summed E-state index contributed by atoms with van der Waals surface area (Å²) in [6.45, 7) is 1.94. The van der Waals surface area contributed by atoms with E-state index in [1.54, 1.807) is 4.90 Å². The molecule has 0 aliphatic carbocycles. The van der Waals surface area contributed by atoms with Crippen LogP contribution in [0.3, 0.4) is 0 Å². The maximum Gasteiger partial charge on any atom is 0.232 e. The lowest BCUT2D eigenvalue weighted by Crippen LogP contribution is -2.30. The van der Waals surface area contributed by atoms with E-state index < -0.39 is 0 Å². The van der Waals surface area contributed by atoms with Gasteiger partial charge in [-0.25, -0.2) is 0 Å². The molecular weight excluding hydrogens is 348 g/mol. The minimum absolute atomic E-state index is 0.0943. The van der Waals surface area contributed by atoms with Gasteiger partial charge in [-0.15, -0.1) is 0 Å². The number of para-hydroxylation sites is 2. The maximum atomic E-state index is 13.0. The van der Waals surface area contributed by atoms with Crippen LogP contribution < -0.4 is 10.2 Å². The van der Waals surface area contributed by atoms with Gasteiger partial charge in [-0.05, 0) is 36.8 Å². The summed E-state index contributed by atoms with van der Waals surface area (Å²) in [6.07, 6.45) is 0.281. The average Bonchev–Trinajstić information content (AvgIpc) is 2.74. The van der Waals surface area contributed by atoms with Gasteiger partial charge in [0.2, 0.25) is 11.8 Å². The van der Waals surface area contributed by atoms with Crippen LogP contribution in [-0.4, -0.2) is 11.8 Å². The Balaban J connectivity index is 1.65. The molecule has 142 valence electrons. The number of carbonyl (C=O) groups is 2. The van der Waals surface area contributed by atoms with Gasteiger partial charge in [0.1, 0.15) is 0 Å². The Hall–Kier alpha value is -3.40. The van der Waals surface area contributed by atoms with Gasteiger partial charge in [0.25, 0.3) is 0 Å². The summed E-state index contributed by atoms with van der Waals surface area (Å²) in [5, 5.41) is 2.96. The number of anilines is 2. The molecule has 0 aromatic heterocycles. The first kappa shape index (κ1) is 19.4. The third-order valence-corrected chi connectivity index (χ3v) is 4.52. The van der Waals surface area contributed by atoms with Crippen molar-refractivity contribution in [2.75, 3.05) is 4.90 Å². The summed E-state index contributed by atoms with van der Waals surface area (Å²) in [7, 11) is 0. The van der Waals surface area contributed by atoms with Crippen LogP contribution >= 0.6 is 0 Å². The quantitative estimate of drug-likeness (QED) is 0.634. The summed E-state index contributed by atoms with van der Waals surface area (Å²) < 4.78 is 0. The molecule has 4 heteroatoms. The van der Waals surface area contributed by atoms with Crippen molar-refractivity contribution in [2.24, 2.45) is 0 Å². The SMILES string of the molecule is C[C@@H](NC(=O)CCC(=O)N(c1ccccc1)c1ccccc1)c1ccccc1. The molecule has 0 fully saturated rings. The lowest BCUT2D eigenvalue weighted by Gasteiger charge is -2.23. The van der Waals surface area contributed by atoms with E-state index in [1.807, 2.05) is 97.9 Å². The van der Waals surface area contributed by atoms with Crippen LogP contribution in [0.25, 0.3) is 0 Å². The number of carbonyl (C=O) groups excluding carboxylic acids is 2. The van der Waals surface area contributed by atoms with Crippen LogP contribution in [0.15, 0.2) is 91.0 Å². The van der Waals surface area contributed by atoms with Crippen molar-refractivity contribution < 1.29 is 9.59 Å². The average molecular weight is 372 g/mol. The van der Waals surface area contributed by atoms with Crippen molar-refractivity contribution in [3.8, 4) is 0 Å². The van der Waals surface area contributed by atoms with Crippen molar-refractivity contribution in [2.45, 2.75) is 25.8 Å². The Morgan fingerprint density at radius 2 is 1.21 bits per heavy atom. The van der Waals surface area contributed by atoms with Crippen molar-refractivity contribution in [1.82, 2.24) is 5.32 Å². The Kier molecular flexibility index (Phi) is 6.58. The molecule has 2 amide bonds. The van der Waals surface area contributed by atoms with Crippen molar-refractivity contribution in [3.63, 3.8) is 0 Å². The zero-order valence-corrected chi connectivity index (χ0v) is 15.9. The number of hydrogen-bond donors (Lipinski definition) is 1. The van der Waals surface area contributed by atoms with Gasteiger partial charge >= 0.3 is 0 Å². The first-order chi connectivity index (χ1) is 13.6. The molecule has 0 unspecified atom stereocenters. The molecule has 0 bridgehead atoms. The van der Waals surface area contributed by atoms with Gasteiger partial charge in [-0.3, -0.25) is 14.5 Å². The van der Waals surface area contributed by atoms with E-state index in [4.69, 9.17) is 0 Å². The first-order valence-corrected chi connectivity index (χ1v) is 9.42. The van der Waals surface area contributed by atoms with Gasteiger partial charge in [0.05, 0.1) is 6.04 Å². The van der Waals surface area contributed by atoms with E-state index in [-0.39, 0.29) is 30.7 Å². The number of hydrogen-bond acceptors (Lipinski definition) is 2. The summed E-state index contributed by atoms with van der Waals surface area (Å²) in [6, 6.07) is 28.7. The largest absolute Gasteiger partial charge is 0.350 e. The molecule has 1 atom stereocenters. The third kappa shape index (κ3) is 5.07. The van der Waals surface area contributed by atoms with Gasteiger partial charge in [-0.2, -0.15) is 0 Å². The van der Waals surface area contributed by atoms with Crippen molar-refractivity contribution >= 4 is 23.2 Å². The van der Waals surface area contributed by atoms with Crippen LogP contribution in [0.5, 0.6) is 0 Å². The minimum atomic E-state index is -0.134. The number of nitrogens with zero attached hydrogens (tertiary/aromatic N) is 1. The third-order valence-electron chi connectivity index (χ3n) is 4.52. The molecule has 0 heterocycles. The van der Waals surface area contributed by atoms with E-state index in [0.29, 0.717) is 0 Å². The van der Waals surface area contributed by atoms with Gasteiger partial charge < -0.3 is 5.32 Å². The van der Waals surface area contributed by atoms with Crippen LogP contribution in [0, 0.1) is 0 Å². The van der Waals surface area contributed by atoms with Crippen molar-refractivity contribution in [1.29, 1.82) is 0 Å². The van der Waals surface area contributed by atoms with Crippen molar-refractivity contribution in [3.05, 3.63) is 96.6 Å². The highest BCUT2D eigenvalue weighted by Crippen LogP contribution is 2.26. The smallest absolute Gasteiger partial charge is 0.232 e. The molecule has 0 aliphatic rings. The fraction of sp³-hybridized carbons (Fsp3) is 0.167. The van der Waals surface area contributed by atoms with Crippen LogP contribution in [0.1, 0.15) is 31.4 Å². The fourth-order valence-corrected chi connectivity index (χ4v) is 3.06. The number of nitrogens with one attached hydrogen (secondary N) is 1. The number of benzene rings is 3. The summed E-state index contributed by atoms with van der Waals surface area (Å²) in [5.41, 5.74) is 2.62. The predicted octanol–water partition coefficient (Wildman–Crippen LogP) is 5.01. The summed E-state index contributed by atoms with van der Waals surface area (Å²) in [5.74, 6) is -0.245. The van der Waals surface area contributed by atoms with Gasteiger partial charge in [0, 0.05) is 24.2 Å². The molecule has 0 radical (unpaired) electrons. The Morgan fingerprint density at radius 1 is 0.750 bits per heavy atom. The molecule has 4 nitrogen and oxygen atoms in total. The van der Waals surface area contributed by atoms with Crippen LogP contribution in [0.4, 0.5) is 11.4 Å². The second-order valence-corrected chi connectivity index (χ2v) is 6.60. The first-order valence-electron chi connectivity index (χ1n) is 9.42. The molecule has 0 saturated heterocycles. The number of rotatable bonds is 7. The normalized spacial score (nSPS) is 11.5. The highest BCUT2D eigenvalue weighted by atomic mass is 16.2. The minimum Gasteiger partial charge on any atom is -0.350 e. The van der Waals surface area contributed by atoms with E-state index in [1.165, 1.54) is 0 Å². The predicted molar refractivity (Wildman–Crippen MR) is 112 cm³/mol. The van der Waals surface area contributed by atoms with Gasteiger partial charge in [-0.1, -0.05) is 66.7 Å². The summed E-state index contributed by atoms with van der Waals surface area (Å²) >= 11 is 0. The van der Waals surface area contributed by atoms with E-state index in [2.05, 4.69) is 5.32 Å². The second-order valence-electron chi connectivity index (χ2n) is 6.60. The molecule has 1 N–H and O–H groups in total. The molecule has 0 spiro atoms. The molecular formula is C24H24N2O2. The summed E-state index contributed by atoms with van der Waals surface area (Å²) in [4.78, 5) is 27.0. The second kappa shape index (κ2) is 9.51.